The summed E-state index contributed by atoms with van der Waals surface area (Å²) in [5.41, 5.74) is 1.22. The summed E-state index contributed by atoms with van der Waals surface area (Å²) in [7, 11) is 3.88. The van der Waals surface area contributed by atoms with Crippen molar-refractivity contribution in [1.29, 1.82) is 0 Å². The third-order valence-electron chi connectivity index (χ3n) is 5.53. The Labute approximate surface area is 210 Å². The molecule has 1 aromatic carbocycles. The minimum absolute atomic E-state index is 0.0123. The number of likely N-dealkylation sites (N-methyl/N-ethyl adjacent to an activating group) is 1. The van der Waals surface area contributed by atoms with Crippen molar-refractivity contribution in [1.82, 2.24) is 15.2 Å². The first-order chi connectivity index (χ1) is 16.8. The summed E-state index contributed by atoms with van der Waals surface area (Å²) in [4.78, 5) is 45.5. The Morgan fingerprint density at radius 3 is 2.60 bits per heavy atom. The van der Waals surface area contributed by atoms with Gasteiger partial charge in [0, 0.05) is 43.4 Å². The van der Waals surface area contributed by atoms with Gasteiger partial charge in [-0.1, -0.05) is 11.6 Å². The fourth-order valence-electron chi connectivity index (χ4n) is 3.63. The lowest BCUT2D eigenvalue weighted by molar-refractivity contribution is -0.119. The van der Waals surface area contributed by atoms with Gasteiger partial charge in [-0.25, -0.2) is 4.98 Å². The number of benzene rings is 1. The molecule has 0 spiro atoms. The monoisotopic (exact) mass is 501 g/mol. The van der Waals surface area contributed by atoms with E-state index in [9.17, 15) is 14.4 Å². The minimum Gasteiger partial charge on any atom is -0.378 e. The smallest absolute Gasteiger partial charge is 0.251 e. The predicted molar refractivity (Wildman–Crippen MR) is 136 cm³/mol. The second kappa shape index (κ2) is 13.2. The van der Waals surface area contributed by atoms with Crippen LogP contribution in [0, 0.1) is 0 Å². The van der Waals surface area contributed by atoms with Crippen molar-refractivity contribution in [3.8, 4) is 0 Å². The van der Waals surface area contributed by atoms with Crippen LogP contribution in [0.4, 0.5) is 11.5 Å². The third-order valence-corrected chi connectivity index (χ3v) is 5.75. The van der Waals surface area contributed by atoms with Gasteiger partial charge >= 0.3 is 0 Å². The Morgan fingerprint density at radius 1 is 1.17 bits per heavy atom. The van der Waals surface area contributed by atoms with Gasteiger partial charge in [-0.15, -0.1) is 0 Å². The Morgan fingerprint density at radius 2 is 1.94 bits per heavy atom. The second-order valence-electron chi connectivity index (χ2n) is 8.71. The molecule has 1 aromatic heterocycles. The molecule has 2 N–H and O–H groups in total. The van der Waals surface area contributed by atoms with Gasteiger partial charge in [0.2, 0.25) is 11.8 Å². The number of piperidine rings is 1. The predicted octanol–water partition coefficient (Wildman–Crippen LogP) is 2.96. The zero-order chi connectivity index (χ0) is 25.2. The van der Waals surface area contributed by atoms with Gasteiger partial charge in [0.15, 0.2) is 0 Å². The van der Waals surface area contributed by atoms with E-state index >= 15 is 0 Å². The van der Waals surface area contributed by atoms with Crippen molar-refractivity contribution in [2.75, 3.05) is 50.6 Å². The zero-order valence-corrected chi connectivity index (χ0v) is 20.9. The molecule has 0 bridgehead atoms. The first-order valence-electron chi connectivity index (χ1n) is 11.7. The molecule has 2 heterocycles. The second-order valence-corrected chi connectivity index (χ2v) is 9.15. The first-order valence-corrected chi connectivity index (χ1v) is 12.0. The molecule has 0 aliphatic carbocycles. The molecule has 3 rings (SSSR count). The largest absolute Gasteiger partial charge is 0.378 e. The average Bonchev–Trinajstić information content (AvgIpc) is 2.83. The van der Waals surface area contributed by atoms with Crippen molar-refractivity contribution in [2.45, 2.75) is 31.7 Å². The van der Waals surface area contributed by atoms with Crippen molar-refractivity contribution >= 4 is 40.8 Å². The number of hydrogen-bond donors (Lipinski definition) is 2. The quantitative estimate of drug-likeness (QED) is 0.459. The summed E-state index contributed by atoms with van der Waals surface area (Å²) < 4.78 is 5.71. The number of pyridine rings is 1. The van der Waals surface area contributed by atoms with Crippen LogP contribution in [-0.4, -0.2) is 74.0 Å². The van der Waals surface area contributed by atoms with E-state index in [0.29, 0.717) is 36.0 Å². The molecule has 1 aliphatic heterocycles. The molecule has 0 radical (unpaired) electrons. The normalized spacial score (nSPS) is 14.6. The van der Waals surface area contributed by atoms with Crippen LogP contribution in [0.15, 0.2) is 42.6 Å². The fraction of sp³-hybridized carbons (Fsp3) is 0.440. The summed E-state index contributed by atoms with van der Waals surface area (Å²) in [6.45, 7) is 2.06. The highest BCUT2D eigenvalue weighted by Gasteiger charge is 2.21. The number of hydrogen-bond acceptors (Lipinski definition) is 6. The number of amides is 3. The Balaban J connectivity index is 1.61. The lowest BCUT2D eigenvalue weighted by atomic mass is 10.1. The number of ether oxygens (including phenoxy) is 1. The molecule has 3 amide bonds. The van der Waals surface area contributed by atoms with E-state index in [1.807, 2.05) is 19.0 Å². The van der Waals surface area contributed by atoms with E-state index in [-0.39, 0.29) is 30.7 Å². The van der Waals surface area contributed by atoms with E-state index in [1.54, 1.807) is 41.3 Å². The van der Waals surface area contributed by atoms with Crippen LogP contribution < -0.4 is 15.5 Å². The van der Waals surface area contributed by atoms with Crippen LogP contribution in [-0.2, 0) is 14.3 Å². The Bertz CT molecular complexity index is 998. The highest BCUT2D eigenvalue weighted by molar-refractivity contribution is 6.30. The number of halogens is 1. The summed E-state index contributed by atoms with van der Waals surface area (Å²) in [5, 5.41) is 6.07. The summed E-state index contributed by atoms with van der Waals surface area (Å²) in [6, 6.07) is 9.63. The summed E-state index contributed by atoms with van der Waals surface area (Å²) >= 11 is 5.84. The molecule has 9 nitrogen and oxygen atoms in total. The third kappa shape index (κ3) is 8.61. The van der Waals surface area contributed by atoms with E-state index in [2.05, 4.69) is 15.6 Å². The topological polar surface area (TPSA) is 104 Å². The Kier molecular flexibility index (Phi) is 10.0. The number of aromatic nitrogens is 1. The number of anilines is 2. The molecule has 10 heteroatoms. The molecular formula is C25H32ClN5O4. The van der Waals surface area contributed by atoms with Crippen molar-refractivity contribution < 1.29 is 19.1 Å². The maximum absolute atomic E-state index is 12.9. The average molecular weight is 502 g/mol. The summed E-state index contributed by atoms with van der Waals surface area (Å²) in [5.74, 6) is -0.147. The summed E-state index contributed by atoms with van der Waals surface area (Å²) in [6.07, 6.45) is 3.89. The molecule has 1 saturated heterocycles. The number of carbonyl (C=O) groups excluding carboxylic acids is 3. The molecule has 1 atom stereocenters. The molecule has 2 aromatic rings. The van der Waals surface area contributed by atoms with Crippen LogP contribution in [0.1, 0.15) is 36.0 Å². The fourth-order valence-corrected chi connectivity index (χ4v) is 3.74. The highest BCUT2D eigenvalue weighted by Crippen LogP contribution is 2.21. The Hall–Kier alpha value is -3.01. The standard InChI is InChI=1S/C25H32ClN5O4/c1-30(2)13-14-35-17-20(15-23(32)29-22-11-8-19(26)16-27-22)28-25(34)18-6-9-21(10-7-18)31-12-4-3-5-24(31)33/h6-11,16,20H,3-5,12-15,17H2,1-2H3,(H,28,34)(H,27,29,32). The van der Waals surface area contributed by atoms with Crippen molar-refractivity contribution in [3.05, 3.63) is 53.2 Å². The van der Waals surface area contributed by atoms with Gasteiger partial charge in [-0.3, -0.25) is 14.4 Å². The van der Waals surface area contributed by atoms with E-state index in [4.69, 9.17) is 16.3 Å². The van der Waals surface area contributed by atoms with Gasteiger partial charge in [-0.2, -0.15) is 0 Å². The lowest BCUT2D eigenvalue weighted by Crippen LogP contribution is -2.41. The molecule has 188 valence electrons. The van der Waals surface area contributed by atoms with Gasteiger partial charge in [-0.05, 0) is 63.3 Å². The van der Waals surface area contributed by atoms with Crippen molar-refractivity contribution in [3.63, 3.8) is 0 Å². The molecule has 1 fully saturated rings. The number of nitrogens with zero attached hydrogens (tertiary/aromatic N) is 3. The lowest BCUT2D eigenvalue weighted by Gasteiger charge is -2.27. The van der Waals surface area contributed by atoms with E-state index in [1.165, 1.54) is 6.20 Å². The maximum atomic E-state index is 12.9. The van der Waals surface area contributed by atoms with Crippen LogP contribution in [0.3, 0.4) is 0 Å². The van der Waals surface area contributed by atoms with Crippen LogP contribution in [0.2, 0.25) is 5.02 Å². The highest BCUT2D eigenvalue weighted by atomic mass is 35.5. The molecule has 0 saturated carbocycles. The SMILES string of the molecule is CN(C)CCOCC(CC(=O)Nc1ccc(Cl)cn1)NC(=O)c1ccc(N2CCCCC2=O)cc1. The zero-order valence-electron chi connectivity index (χ0n) is 20.1. The van der Waals surface area contributed by atoms with Gasteiger partial charge < -0.3 is 25.2 Å². The number of nitrogens with one attached hydrogen (secondary N) is 2. The van der Waals surface area contributed by atoms with Gasteiger partial charge in [0.1, 0.15) is 5.82 Å². The molecule has 1 aliphatic rings. The van der Waals surface area contributed by atoms with Gasteiger partial charge in [0.25, 0.3) is 5.91 Å². The molecular weight excluding hydrogens is 470 g/mol. The van der Waals surface area contributed by atoms with E-state index < -0.39 is 6.04 Å². The number of carbonyl (C=O) groups is 3. The first kappa shape index (κ1) is 26.6. The molecule has 1 unspecified atom stereocenters. The minimum atomic E-state index is -0.541. The maximum Gasteiger partial charge on any atom is 0.251 e. The van der Waals surface area contributed by atoms with E-state index in [0.717, 1.165) is 25.1 Å². The number of rotatable bonds is 11. The van der Waals surface area contributed by atoms with Crippen LogP contribution >= 0.6 is 11.6 Å². The van der Waals surface area contributed by atoms with Gasteiger partial charge in [0.05, 0.1) is 24.3 Å². The molecule has 35 heavy (non-hydrogen) atoms. The van der Waals surface area contributed by atoms with Crippen molar-refractivity contribution in [2.24, 2.45) is 0 Å². The van der Waals surface area contributed by atoms with Crippen LogP contribution in [0.25, 0.3) is 0 Å². The van der Waals surface area contributed by atoms with Crippen LogP contribution in [0.5, 0.6) is 0 Å².